The zero-order valence-electron chi connectivity index (χ0n) is 13.8. The number of aromatic nitrogens is 2. The molecule has 0 radical (unpaired) electrons. The Balaban J connectivity index is 1.40. The van der Waals surface area contributed by atoms with E-state index >= 15 is 0 Å². The molecular formula is C18H19FN6. The third-order valence-corrected chi connectivity index (χ3v) is 5.14. The fourth-order valence-corrected chi connectivity index (χ4v) is 3.53. The average Bonchev–Trinajstić information content (AvgIpc) is 3.19. The number of fused-ring (bicyclic) bond motifs is 1. The molecule has 1 aliphatic carbocycles. The maximum Gasteiger partial charge on any atom is 0.227 e. The van der Waals surface area contributed by atoms with Gasteiger partial charge in [0.25, 0.3) is 0 Å². The molecule has 3 heterocycles. The molecule has 0 unspecified atom stereocenters. The molecule has 2 aliphatic heterocycles. The standard InChI is InChI=1S/C18H19FN6/c19-15-10-21-17(25-6-5-22-18(11-25)3-4-18)24-16(15)23-14-2-1-12-8-20-9-13(12)7-14/h1-2,7,9-10,22H,3-6,8,11H2,(H,21,23,24). The van der Waals surface area contributed by atoms with Crippen molar-refractivity contribution in [3.05, 3.63) is 41.3 Å². The maximum absolute atomic E-state index is 14.2. The van der Waals surface area contributed by atoms with Gasteiger partial charge in [-0.1, -0.05) is 6.07 Å². The highest BCUT2D eigenvalue weighted by atomic mass is 19.1. The van der Waals surface area contributed by atoms with Gasteiger partial charge in [-0.3, -0.25) is 4.99 Å². The summed E-state index contributed by atoms with van der Waals surface area (Å²) in [5.41, 5.74) is 3.28. The molecule has 1 saturated heterocycles. The van der Waals surface area contributed by atoms with Crippen LogP contribution in [0.1, 0.15) is 24.0 Å². The number of anilines is 3. The Labute approximate surface area is 145 Å². The minimum Gasteiger partial charge on any atom is -0.338 e. The molecule has 1 saturated carbocycles. The van der Waals surface area contributed by atoms with Crippen LogP contribution in [0.3, 0.4) is 0 Å². The number of hydrogen-bond donors (Lipinski definition) is 2. The second kappa shape index (κ2) is 5.49. The zero-order chi connectivity index (χ0) is 16.9. The third-order valence-electron chi connectivity index (χ3n) is 5.14. The molecule has 5 rings (SSSR count). The smallest absolute Gasteiger partial charge is 0.227 e. The Morgan fingerprint density at radius 3 is 3.08 bits per heavy atom. The summed E-state index contributed by atoms with van der Waals surface area (Å²) in [5.74, 6) is 0.344. The van der Waals surface area contributed by atoms with Crippen LogP contribution in [-0.2, 0) is 6.54 Å². The molecule has 2 aromatic rings. The van der Waals surface area contributed by atoms with Gasteiger partial charge >= 0.3 is 0 Å². The Hall–Kier alpha value is -2.54. The topological polar surface area (TPSA) is 65.4 Å². The minimum absolute atomic E-state index is 0.211. The molecule has 128 valence electrons. The van der Waals surface area contributed by atoms with Crippen LogP contribution < -0.4 is 15.5 Å². The Kier molecular flexibility index (Phi) is 3.24. The summed E-state index contributed by atoms with van der Waals surface area (Å²) < 4.78 is 14.2. The number of nitrogens with zero attached hydrogens (tertiary/aromatic N) is 4. The molecular weight excluding hydrogens is 319 g/mol. The van der Waals surface area contributed by atoms with Crippen molar-refractivity contribution in [2.75, 3.05) is 29.9 Å². The van der Waals surface area contributed by atoms with Crippen molar-refractivity contribution in [2.24, 2.45) is 4.99 Å². The third kappa shape index (κ3) is 2.74. The highest BCUT2D eigenvalue weighted by molar-refractivity contribution is 5.86. The van der Waals surface area contributed by atoms with Crippen molar-refractivity contribution < 1.29 is 4.39 Å². The van der Waals surface area contributed by atoms with Gasteiger partial charge in [0.15, 0.2) is 11.6 Å². The van der Waals surface area contributed by atoms with Crippen LogP contribution in [0.25, 0.3) is 0 Å². The van der Waals surface area contributed by atoms with Crippen LogP contribution in [0.4, 0.5) is 21.8 Å². The van der Waals surface area contributed by atoms with E-state index in [1.54, 1.807) is 0 Å². The molecule has 2 fully saturated rings. The summed E-state index contributed by atoms with van der Waals surface area (Å²) in [6, 6.07) is 5.91. The normalized spacial score (nSPS) is 20.0. The number of halogens is 1. The predicted molar refractivity (Wildman–Crippen MR) is 95.2 cm³/mol. The molecule has 1 spiro atoms. The first kappa shape index (κ1) is 14.8. The first-order valence-corrected chi connectivity index (χ1v) is 8.63. The van der Waals surface area contributed by atoms with Gasteiger partial charge in [0.05, 0.1) is 12.7 Å². The lowest BCUT2D eigenvalue weighted by molar-refractivity contribution is 0.437. The number of hydrogen-bond acceptors (Lipinski definition) is 6. The van der Waals surface area contributed by atoms with Crippen molar-refractivity contribution in [1.82, 2.24) is 15.3 Å². The summed E-state index contributed by atoms with van der Waals surface area (Å²) in [7, 11) is 0. The van der Waals surface area contributed by atoms with Crippen molar-refractivity contribution in [3.63, 3.8) is 0 Å². The van der Waals surface area contributed by atoms with E-state index in [1.165, 1.54) is 24.6 Å². The largest absolute Gasteiger partial charge is 0.338 e. The lowest BCUT2D eigenvalue weighted by atomic mass is 10.1. The number of piperazine rings is 1. The van der Waals surface area contributed by atoms with Crippen molar-refractivity contribution >= 4 is 23.7 Å². The van der Waals surface area contributed by atoms with E-state index in [4.69, 9.17) is 0 Å². The molecule has 6 nitrogen and oxygen atoms in total. The molecule has 25 heavy (non-hydrogen) atoms. The Bertz CT molecular complexity index is 861. The second-order valence-corrected chi connectivity index (χ2v) is 7.00. The van der Waals surface area contributed by atoms with E-state index in [0.717, 1.165) is 30.9 Å². The monoisotopic (exact) mass is 338 g/mol. The van der Waals surface area contributed by atoms with Crippen LogP contribution in [0, 0.1) is 5.82 Å². The van der Waals surface area contributed by atoms with Gasteiger partial charge in [-0.25, -0.2) is 9.37 Å². The van der Waals surface area contributed by atoms with Gasteiger partial charge < -0.3 is 15.5 Å². The number of rotatable bonds is 3. The van der Waals surface area contributed by atoms with Crippen LogP contribution in [0.2, 0.25) is 0 Å². The average molecular weight is 338 g/mol. The lowest BCUT2D eigenvalue weighted by Gasteiger charge is -2.34. The van der Waals surface area contributed by atoms with Gasteiger partial charge in [-0.05, 0) is 36.1 Å². The highest BCUT2D eigenvalue weighted by Gasteiger charge is 2.46. The molecule has 2 N–H and O–H groups in total. The molecule has 1 aromatic carbocycles. The summed E-state index contributed by atoms with van der Waals surface area (Å²) in [4.78, 5) is 15.0. The van der Waals surface area contributed by atoms with Crippen molar-refractivity contribution in [3.8, 4) is 0 Å². The number of nitrogens with one attached hydrogen (secondary N) is 2. The van der Waals surface area contributed by atoms with Crippen molar-refractivity contribution in [2.45, 2.75) is 24.9 Å². The molecule has 1 aromatic heterocycles. The highest BCUT2D eigenvalue weighted by Crippen LogP contribution is 2.38. The SMILES string of the molecule is Fc1cnc(N2CCNC3(CC3)C2)nc1Nc1ccc2c(c1)C=NC2. The van der Waals surface area contributed by atoms with Gasteiger partial charge in [-0.15, -0.1) is 0 Å². The summed E-state index contributed by atoms with van der Waals surface area (Å²) in [5, 5.41) is 6.65. The van der Waals surface area contributed by atoms with Gasteiger partial charge in [0, 0.05) is 37.1 Å². The van der Waals surface area contributed by atoms with Gasteiger partial charge in [0.2, 0.25) is 5.95 Å². The van der Waals surface area contributed by atoms with Gasteiger partial charge in [-0.2, -0.15) is 4.98 Å². The van der Waals surface area contributed by atoms with Gasteiger partial charge in [0.1, 0.15) is 0 Å². The first-order chi connectivity index (χ1) is 12.2. The minimum atomic E-state index is -0.450. The first-order valence-electron chi connectivity index (χ1n) is 8.63. The molecule has 7 heteroatoms. The predicted octanol–water partition coefficient (Wildman–Crippen LogP) is 2.23. The van der Waals surface area contributed by atoms with Crippen LogP contribution >= 0.6 is 0 Å². The Morgan fingerprint density at radius 2 is 2.20 bits per heavy atom. The zero-order valence-corrected chi connectivity index (χ0v) is 13.8. The quantitative estimate of drug-likeness (QED) is 0.898. The summed E-state index contributed by atoms with van der Waals surface area (Å²) in [6.07, 6.45) is 5.47. The molecule has 3 aliphatic rings. The van der Waals surface area contributed by atoms with E-state index in [9.17, 15) is 4.39 Å². The second-order valence-electron chi connectivity index (χ2n) is 7.00. The number of aliphatic imine (C=N–C) groups is 1. The number of benzene rings is 1. The fraction of sp³-hybridized carbons (Fsp3) is 0.389. The van der Waals surface area contributed by atoms with E-state index in [-0.39, 0.29) is 11.4 Å². The summed E-state index contributed by atoms with van der Waals surface area (Å²) >= 11 is 0. The summed E-state index contributed by atoms with van der Waals surface area (Å²) in [6.45, 7) is 3.34. The van der Waals surface area contributed by atoms with E-state index < -0.39 is 5.82 Å². The van der Waals surface area contributed by atoms with Crippen LogP contribution in [0.15, 0.2) is 29.4 Å². The van der Waals surface area contributed by atoms with Crippen LogP contribution in [0.5, 0.6) is 0 Å². The lowest BCUT2D eigenvalue weighted by Crippen LogP contribution is -2.53. The Morgan fingerprint density at radius 1 is 1.28 bits per heavy atom. The van der Waals surface area contributed by atoms with E-state index in [1.807, 2.05) is 24.4 Å². The van der Waals surface area contributed by atoms with Crippen molar-refractivity contribution in [1.29, 1.82) is 0 Å². The molecule has 0 amide bonds. The van der Waals surface area contributed by atoms with Crippen LogP contribution in [-0.4, -0.2) is 41.4 Å². The molecule has 0 bridgehead atoms. The fourth-order valence-electron chi connectivity index (χ4n) is 3.53. The maximum atomic E-state index is 14.2. The van der Waals surface area contributed by atoms with E-state index in [2.05, 4.69) is 30.5 Å². The van der Waals surface area contributed by atoms with E-state index in [0.29, 0.717) is 12.5 Å². The molecule has 0 atom stereocenters.